The smallest absolute Gasteiger partial charge is 0.255 e. The van der Waals surface area contributed by atoms with Gasteiger partial charge in [-0.15, -0.1) is 0 Å². The van der Waals surface area contributed by atoms with Crippen LogP contribution in [0.3, 0.4) is 0 Å². The fourth-order valence-corrected chi connectivity index (χ4v) is 5.37. The first-order valence-electron chi connectivity index (χ1n) is 12.7. The molecule has 3 heterocycles. The van der Waals surface area contributed by atoms with Gasteiger partial charge in [-0.3, -0.25) is 9.59 Å². The highest BCUT2D eigenvalue weighted by Gasteiger charge is 2.46. The Morgan fingerprint density at radius 2 is 1.87 bits per heavy atom. The maximum absolute atomic E-state index is 13.7. The van der Waals surface area contributed by atoms with E-state index in [1.165, 1.54) is 17.0 Å². The molecule has 9 nitrogen and oxygen atoms in total. The van der Waals surface area contributed by atoms with Gasteiger partial charge in [-0.2, -0.15) is 0 Å². The van der Waals surface area contributed by atoms with Crippen LogP contribution in [0, 0.1) is 5.82 Å². The monoisotopic (exact) mass is 534 g/mol. The summed E-state index contributed by atoms with van der Waals surface area (Å²) in [7, 11) is 1.59. The van der Waals surface area contributed by atoms with Crippen LogP contribution in [0.15, 0.2) is 60.7 Å². The maximum atomic E-state index is 13.7. The summed E-state index contributed by atoms with van der Waals surface area (Å²) in [5, 5.41) is 13.0. The van der Waals surface area contributed by atoms with E-state index in [2.05, 4.69) is 5.32 Å². The van der Waals surface area contributed by atoms with E-state index in [-0.39, 0.29) is 37.6 Å². The summed E-state index contributed by atoms with van der Waals surface area (Å²) >= 11 is 0. The molecule has 2 amide bonds. The Morgan fingerprint density at radius 1 is 1.05 bits per heavy atom. The number of aliphatic hydroxyl groups excluding tert-OH is 1. The Kier molecular flexibility index (Phi) is 6.58. The fraction of sp³-hybridized carbons (Fsp3) is 0.310. The Balaban J connectivity index is 1.17. The molecule has 3 aromatic rings. The summed E-state index contributed by atoms with van der Waals surface area (Å²) in [5.74, 6) is 0.666. The van der Waals surface area contributed by atoms with Crippen LogP contribution in [0.2, 0.25) is 0 Å². The van der Waals surface area contributed by atoms with Crippen LogP contribution in [0.25, 0.3) is 0 Å². The van der Waals surface area contributed by atoms with Gasteiger partial charge in [0.25, 0.3) is 5.91 Å². The Morgan fingerprint density at radius 3 is 2.69 bits per heavy atom. The molecule has 10 heteroatoms. The molecule has 0 aliphatic carbocycles. The zero-order valence-corrected chi connectivity index (χ0v) is 21.1. The molecule has 4 atom stereocenters. The lowest BCUT2D eigenvalue weighted by Crippen LogP contribution is -2.47. The van der Waals surface area contributed by atoms with E-state index in [1.54, 1.807) is 49.5 Å². The summed E-state index contributed by atoms with van der Waals surface area (Å²) in [6.45, 7) is -0.146. The van der Waals surface area contributed by atoms with Crippen molar-refractivity contribution in [1.29, 1.82) is 0 Å². The van der Waals surface area contributed by atoms with E-state index in [0.29, 0.717) is 40.6 Å². The number of hydrogen-bond donors (Lipinski definition) is 2. The molecule has 1 fully saturated rings. The van der Waals surface area contributed by atoms with Gasteiger partial charge in [-0.05, 0) is 61.0 Å². The quantitative estimate of drug-likeness (QED) is 0.495. The van der Waals surface area contributed by atoms with E-state index in [4.69, 9.17) is 18.9 Å². The van der Waals surface area contributed by atoms with Crippen molar-refractivity contribution in [2.24, 2.45) is 0 Å². The Bertz CT molecular complexity index is 1430. The van der Waals surface area contributed by atoms with Crippen molar-refractivity contribution in [3.8, 4) is 17.2 Å². The van der Waals surface area contributed by atoms with E-state index < -0.39 is 24.1 Å². The summed E-state index contributed by atoms with van der Waals surface area (Å²) < 4.78 is 36.5. The highest BCUT2D eigenvalue weighted by Crippen LogP contribution is 2.47. The molecule has 0 unspecified atom stereocenters. The molecule has 0 saturated carbocycles. The molecule has 1 saturated heterocycles. The first kappa shape index (κ1) is 25.1. The second kappa shape index (κ2) is 10.2. The molecule has 2 N–H and O–H groups in total. The molecule has 0 spiro atoms. The van der Waals surface area contributed by atoms with Gasteiger partial charge >= 0.3 is 0 Å². The highest BCUT2D eigenvalue weighted by molar-refractivity contribution is 6.04. The minimum atomic E-state index is -0.625. The summed E-state index contributed by atoms with van der Waals surface area (Å²) in [4.78, 5) is 27.3. The van der Waals surface area contributed by atoms with E-state index >= 15 is 0 Å². The lowest BCUT2D eigenvalue weighted by atomic mass is 9.84. The largest absolute Gasteiger partial charge is 0.487 e. The van der Waals surface area contributed by atoms with Gasteiger partial charge in [0.05, 0.1) is 19.1 Å². The molecule has 6 rings (SSSR count). The van der Waals surface area contributed by atoms with Crippen LogP contribution < -0.4 is 24.4 Å². The summed E-state index contributed by atoms with van der Waals surface area (Å²) in [6, 6.07) is 16.2. The SMILES string of the molecule is CN(C(=O)C[C@H]1C[C@H]2c3cc(NC(=O)c4ccc5c(c4)OCO5)ccc3O[C@H]2[C@@H](CO)O1)c1cccc(F)c1. The van der Waals surface area contributed by atoms with Crippen molar-refractivity contribution in [3.63, 3.8) is 0 Å². The molecule has 3 aromatic carbocycles. The lowest BCUT2D eigenvalue weighted by Gasteiger charge is -2.37. The summed E-state index contributed by atoms with van der Waals surface area (Å²) in [5.41, 5.74) is 2.35. The van der Waals surface area contributed by atoms with Crippen molar-refractivity contribution < 1.29 is 38.0 Å². The average Bonchev–Trinajstić information content (AvgIpc) is 3.56. The number of fused-ring (bicyclic) bond motifs is 4. The van der Waals surface area contributed by atoms with Crippen molar-refractivity contribution in [2.75, 3.05) is 30.7 Å². The van der Waals surface area contributed by atoms with Gasteiger partial charge in [0, 0.05) is 35.5 Å². The minimum Gasteiger partial charge on any atom is -0.487 e. The summed E-state index contributed by atoms with van der Waals surface area (Å²) in [6.07, 6.45) is -0.982. The first-order valence-corrected chi connectivity index (χ1v) is 12.7. The zero-order chi connectivity index (χ0) is 27.1. The van der Waals surface area contributed by atoms with Crippen molar-refractivity contribution in [2.45, 2.75) is 37.1 Å². The van der Waals surface area contributed by atoms with E-state index in [9.17, 15) is 19.1 Å². The molecule has 3 aliphatic heterocycles. The molecule has 3 aliphatic rings. The van der Waals surface area contributed by atoms with Crippen LogP contribution in [-0.4, -0.2) is 55.7 Å². The lowest BCUT2D eigenvalue weighted by molar-refractivity contribution is -0.140. The third-order valence-electron chi connectivity index (χ3n) is 7.36. The predicted octanol–water partition coefficient (Wildman–Crippen LogP) is 3.85. The molecule has 0 aromatic heterocycles. The topological polar surface area (TPSA) is 107 Å². The normalized spacial score (nSPS) is 22.4. The van der Waals surface area contributed by atoms with Gasteiger partial charge in [0.15, 0.2) is 11.5 Å². The third kappa shape index (κ3) is 4.88. The van der Waals surface area contributed by atoms with Crippen molar-refractivity contribution in [3.05, 3.63) is 77.6 Å². The first-order chi connectivity index (χ1) is 18.9. The molecule has 0 radical (unpaired) electrons. The number of aliphatic hydroxyl groups is 1. The number of anilines is 2. The van der Waals surface area contributed by atoms with Gasteiger partial charge in [0.1, 0.15) is 23.8 Å². The highest BCUT2D eigenvalue weighted by atomic mass is 19.1. The Hall–Kier alpha value is -4.15. The number of ether oxygens (including phenoxy) is 4. The Labute approximate surface area is 224 Å². The fourth-order valence-electron chi connectivity index (χ4n) is 5.37. The van der Waals surface area contributed by atoms with Crippen molar-refractivity contribution >= 4 is 23.2 Å². The zero-order valence-electron chi connectivity index (χ0n) is 21.1. The molecule has 0 bridgehead atoms. The molecule has 39 heavy (non-hydrogen) atoms. The molecular weight excluding hydrogens is 507 g/mol. The number of rotatable bonds is 6. The number of nitrogens with one attached hydrogen (secondary N) is 1. The van der Waals surface area contributed by atoms with E-state index in [1.807, 2.05) is 6.07 Å². The van der Waals surface area contributed by atoms with Crippen LogP contribution in [0.5, 0.6) is 17.2 Å². The minimum absolute atomic E-state index is 0.0581. The predicted molar refractivity (Wildman–Crippen MR) is 139 cm³/mol. The number of halogens is 1. The second-order valence-electron chi connectivity index (χ2n) is 9.82. The molecular formula is C29H27FN2O7. The van der Waals surface area contributed by atoms with Crippen LogP contribution in [0.1, 0.15) is 34.7 Å². The number of nitrogens with zero attached hydrogens (tertiary/aromatic N) is 1. The van der Waals surface area contributed by atoms with Crippen LogP contribution >= 0.6 is 0 Å². The number of amides is 2. The third-order valence-corrected chi connectivity index (χ3v) is 7.36. The number of carbonyl (C=O) groups is 2. The number of hydrogen-bond acceptors (Lipinski definition) is 7. The van der Waals surface area contributed by atoms with Gasteiger partial charge in [-0.1, -0.05) is 6.07 Å². The standard InChI is InChI=1S/C29H27FN2O7/c1-32(19-4-2-3-17(30)10-19)27(34)13-20-12-22-21-11-18(6-8-23(21)39-28(22)26(14-33)38-20)31-29(35)16-5-7-24-25(9-16)37-15-36-24/h2-11,20,22,26,28,33H,12-15H2,1H3,(H,31,35)/t20-,22+,26-,28-/m1/s1. The van der Waals surface area contributed by atoms with Crippen LogP contribution in [0.4, 0.5) is 15.8 Å². The number of carbonyl (C=O) groups excluding carboxylic acids is 2. The number of benzene rings is 3. The molecule has 202 valence electrons. The van der Waals surface area contributed by atoms with Gasteiger partial charge < -0.3 is 34.3 Å². The van der Waals surface area contributed by atoms with Gasteiger partial charge in [0.2, 0.25) is 12.7 Å². The van der Waals surface area contributed by atoms with E-state index in [0.717, 1.165) is 5.56 Å². The van der Waals surface area contributed by atoms with Crippen molar-refractivity contribution in [1.82, 2.24) is 0 Å². The maximum Gasteiger partial charge on any atom is 0.255 e. The average molecular weight is 535 g/mol. The van der Waals surface area contributed by atoms with Crippen LogP contribution in [-0.2, 0) is 9.53 Å². The second-order valence-corrected chi connectivity index (χ2v) is 9.82. The van der Waals surface area contributed by atoms with Gasteiger partial charge in [-0.25, -0.2) is 4.39 Å².